The summed E-state index contributed by atoms with van der Waals surface area (Å²) in [6.07, 6.45) is 1.60. The summed E-state index contributed by atoms with van der Waals surface area (Å²) < 4.78 is 13.2. The third-order valence-corrected chi connectivity index (χ3v) is 2.08. The fourth-order valence-corrected chi connectivity index (χ4v) is 1.33. The number of nitrogens with zero attached hydrogens (tertiary/aromatic N) is 1. The molecule has 1 aromatic carbocycles. The molecule has 1 aromatic heterocycles. The summed E-state index contributed by atoms with van der Waals surface area (Å²) in [6.45, 7) is 0. The Bertz CT molecular complexity index is 482. The van der Waals surface area contributed by atoms with Crippen molar-refractivity contribution < 1.29 is 9.18 Å². The number of aromatic nitrogens is 2. The summed E-state index contributed by atoms with van der Waals surface area (Å²) >= 11 is 0. The Balaban J connectivity index is 2.00. The third-order valence-electron chi connectivity index (χ3n) is 2.08. The van der Waals surface area contributed by atoms with Gasteiger partial charge in [0.25, 0.3) is 0 Å². The Morgan fingerprint density at radius 3 is 2.88 bits per heavy atom. The van der Waals surface area contributed by atoms with Gasteiger partial charge in [0.2, 0.25) is 5.91 Å². The van der Waals surface area contributed by atoms with E-state index in [4.69, 9.17) is 0 Å². The van der Waals surface area contributed by atoms with Crippen LogP contribution in [-0.2, 0) is 11.2 Å². The highest BCUT2D eigenvalue weighted by Gasteiger charge is 2.08. The number of anilines is 1. The van der Waals surface area contributed by atoms with Crippen molar-refractivity contribution in [1.82, 2.24) is 10.2 Å². The van der Waals surface area contributed by atoms with Crippen LogP contribution in [0.3, 0.4) is 0 Å². The van der Waals surface area contributed by atoms with Crippen LogP contribution in [0, 0.1) is 5.82 Å². The topological polar surface area (TPSA) is 57.8 Å². The molecule has 0 aliphatic heterocycles. The molecular formula is C11H10FN3O. The van der Waals surface area contributed by atoms with E-state index in [0.717, 1.165) is 0 Å². The van der Waals surface area contributed by atoms with Gasteiger partial charge in [0.15, 0.2) is 5.82 Å². The molecule has 16 heavy (non-hydrogen) atoms. The first-order valence-corrected chi connectivity index (χ1v) is 4.79. The molecule has 2 N–H and O–H groups in total. The molecule has 1 amide bonds. The van der Waals surface area contributed by atoms with Crippen LogP contribution < -0.4 is 5.32 Å². The Morgan fingerprint density at radius 1 is 1.38 bits per heavy atom. The second kappa shape index (κ2) is 4.57. The quantitative estimate of drug-likeness (QED) is 0.825. The van der Waals surface area contributed by atoms with Crippen LogP contribution in [0.25, 0.3) is 0 Å². The molecule has 0 radical (unpaired) electrons. The maximum absolute atomic E-state index is 13.2. The molecule has 0 aliphatic rings. The van der Waals surface area contributed by atoms with Crippen LogP contribution in [0.2, 0.25) is 0 Å². The summed E-state index contributed by atoms with van der Waals surface area (Å²) in [4.78, 5) is 11.5. The predicted molar refractivity (Wildman–Crippen MR) is 57.3 cm³/mol. The first kappa shape index (κ1) is 10.4. The van der Waals surface area contributed by atoms with Gasteiger partial charge in [0, 0.05) is 12.3 Å². The number of hydrogen-bond acceptors (Lipinski definition) is 2. The van der Waals surface area contributed by atoms with Crippen molar-refractivity contribution in [2.75, 3.05) is 5.32 Å². The summed E-state index contributed by atoms with van der Waals surface area (Å²) in [6, 6.07) is 7.82. The zero-order chi connectivity index (χ0) is 11.4. The molecule has 5 heteroatoms. The van der Waals surface area contributed by atoms with Crippen LogP contribution >= 0.6 is 0 Å². The predicted octanol–water partition coefficient (Wildman–Crippen LogP) is 1.73. The highest BCUT2D eigenvalue weighted by molar-refractivity contribution is 5.91. The second-order valence-electron chi connectivity index (χ2n) is 3.28. The lowest BCUT2D eigenvalue weighted by Gasteiger charge is -2.02. The van der Waals surface area contributed by atoms with Crippen LogP contribution in [0.4, 0.5) is 10.2 Å². The molecule has 0 saturated carbocycles. The van der Waals surface area contributed by atoms with E-state index in [-0.39, 0.29) is 18.1 Å². The van der Waals surface area contributed by atoms with E-state index in [1.54, 1.807) is 30.5 Å². The van der Waals surface area contributed by atoms with Crippen molar-refractivity contribution in [2.45, 2.75) is 6.42 Å². The van der Waals surface area contributed by atoms with Gasteiger partial charge in [0.05, 0.1) is 6.42 Å². The zero-order valence-electron chi connectivity index (χ0n) is 8.40. The molecule has 2 aromatic rings. The average Bonchev–Trinajstić information content (AvgIpc) is 2.74. The molecule has 0 saturated heterocycles. The number of aromatic amines is 1. The fourth-order valence-electron chi connectivity index (χ4n) is 1.33. The molecule has 0 unspecified atom stereocenters. The Kier molecular flexibility index (Phi) is 2.95. The lowest BCUT2D eigenvalue weighted by atomic mass is 10.1. The average molecular weight is 219 g/mol. The molecule has 0 spiro atoms. The van der Waals surface area contributed by atoms with Crippen LogP contribution in [-0.4, -0.2) is 16.1 Å². The molecule has 0 fully saturated rings. The highest BCUT2D eigenvalue weighted by atomic mass is 19.1. The number of hydrogen-bond donors (Lipinski definition) is 2. The molecule has 82 valence electrons. The summed E-state index contributed by atoms with van der Waals surface area (Å²) in [7, 11) is 0. The largest absolute Gasteiger partial charge is 0.309 e. The standard InChI is InChI=1S/C11H10FN3O/c12-9-4-2-1-3-8(9)7-11(16)14-10-5-6-13-15-10/h1-6H,7H2,(H2,13,14,15,16). The Morgan fingerprint density at radius 2 is 2.19 bits per heavy atom. The second-order valence-corrected chi connectivity index (χ2v) is 3.28. The number of halogens is 1. The van der Waals surface area contributed by atoms with E-state index in [2.05, 4.69) is 15.5 Å². The summed E-state index contributed by atoms with van der Waals surface area (Å²) in [5.74, 6) is -0.238. The number of amides is 1. The van der Waals surface area contributed by atoms with Crippen molar-refractivity contribution >= 4 is 11.7 Å². The first-order chi connectivity index (χ1) is 7.75. The monoisotopic (exact) mass is 219 g/mol. The maximum Gasteiger partial charge on any atom is 0.230 e. The van der Waals surface area contributed by atoms with E-state index in [1.807, 2.05) is 0 Å². The third kappa shape index (κ3) is 2.44. The van der Waals surface area contributed by atoms with Crippen LogP contribution in [0.5, 0.6) is 0 Å². The van der Waals surface area contributed by atoms with Crippen molar-refractivity contribution in [3.63, 3.8) is 0 Å². The molecule has 0 atom stereocenters. The molecule has 1 heterocycles. The van der Waals surface area contributed by atoms with Gasteiger partial charge in [-0.1, -0.05) is 18.2 Å². The van der Waals surface area contributed by atoms with Gasteiger partial charge in [-0.15, -0.1) is 0 Å². The minimum atomic E-state index is -0.375. The van der Waals surface area contributed by atoms with Crippen LogP contribution in [0.15, 0.2) is 36.5 Å². The van der Waals surface area contributed by atoms with Gasteiger partial charge in [-0.2, -0.15) is 5.10 Å². The smallest absolute Gasteiger partial charge is 0.230 e. The van der Waals surface area contributed by atoms with Crippen molar-refractivity contribution in [2.24, 2.45) is 0 Å². The molecule has 0 bridgehead atoms. The number of carbonyl (C=O) groups excluding carboxylic acids is 1. The molecule has 0 aliphatic carbocycles. The lowest BCUT2D eigenvalue weighted by molar-refractivity contribution is -0.115. The number of carbonyl (C=O) groups is 1. The van der Waals surface area contributed by atoms with E-state index in [9.17, 15) is 9.18 Å². The summed E-state index contributed by atoms with van der Waals surface area (Å²) in [5.41, 5.74) is 0.371. The Labute approximate surface area is 91.5 Å². The first-order valence-electron chi connectivity index (χ1n) is 4.79. The minimum absolute atomic E-state index is 0.000463. The van der Waals surface area contributed by atoms with Gasteiger partial charge >= 0.3 is 0 Å². The van der Waals surface area contributed by atoms with E-state index >= 15 is 0 Å². The van der Waals surface area contributed by atoms with Crippen LogP contribution in [0.1, 0.15) is 5.56 Å². The summed E-state index contributed by atoms with van der Waals surface area (Å²) in [5, 5.41) is 8.89. The van der Waals surface area contributed by atoms with Crippen molar-refractivity contribution in [3.05, 3.63) is 47.9 Å². The fraction of sp³-hybridized carbons (Fsp3) is 0.0909. The van der Waals surface area contributed by atoms with Gasteiger partial charge in [-0.25, -0.2) is 4.39 Å². The number of rotatable bonds is 3. The molecule has 4 nitrogen and oxygen atoms in total. The number of H-pyrrole nitrogens is 1. The van der Waals surface area contributed by atoms with Gasteiger partial charge in [-0.05, 0) is 11.6 Å². The normalized spacial score (nSPS) is 10.1. The van der Waals surface area contributed by atoms with Crippen molar-refractivity contribution in [3.8, 4) is 0 Å². The maximum atomic E-state index is 13.2. The SMILES string of the molecule is O=C(Cc1ccccc1F)Nc1cc[nH]n1. The molecule has 2 rings (SSSR count). The molecular weight excluding hydrogens is 209 g/mol. The van der Waals surface area contributed by atoms with Gasteiger partial charge in [0.1, 0.15) is 5.82 Å². The van der Waals surface area contributed by atoms with E-state index < -0.39 is 0 Å². The number of benzene rings is 1. The zero-order valence-corrected chi connectivity index (χ0v) is 8.40. The van der Waals surface area contributed by atoms with Gasteiger partial charge < -0.3 is 5.32 Å². The highest BCUT2D eigenvalue weighted by Crippen LogP contribution is 2.08. The Hall–Kier alpha value is -2.17. The lowest BCUT2D eigenvalue weighted by Crippen LogP contribution is -2.15. The number of nitrogens with one attached hydrogen (secondary N) is 2. The van der Waals surface area contributed by atoms with Gasteiger partial charge in [-0.3, -0.25) is 9.89 Å². The van der Waals surface area contributed by atoms with E-state index in [0.29, 0.717) is 11.4 Å². The van der Waals surface area contributed by atoms with E-state index in [1.165, 1.54) is 6.07 Å². The minimum Gasteiger partial charge on any atom is -0.309 e. The van der Waals surface area contributed by atoms with Crippen molar-refractivity contribution in [1.29, 1.82) is 0 Å².